The van der Waals surface area contributed by atoms with Gasteiger partial charge in [0.05, 0.1) is 10.6 Å². The first kappa shape index (κ1) is 16.5. The number of hydrogen-bond acceptors (Lipinski definition) is 2. The molecule has 124 valence electrons. The van der Waals surface area contributed by atoms with Gasteiger partial charge < -0.3 is 9.88 Å². The number of nitrogens with zero attached hydrogens (tertiary/aromatic N) is 2. The Labute approximate surface area is 144 Å². The van der Waals surface area contributed by atoms with Crippen LogP contribution in [0.1, 0.15) is 22.8 Å². The number of amides is 1. The lowest BCUT2D eigenvalue weighted by atomic mass is 10.1. The molecule has 0 unspecified atom stereocenters. The van der Waals surface area contributed by atoms with Gasteiger partial charge in [0.15, 0.2) is 0 Å². The van der Waals surface area contributed by atoms with E-state index in [4.69, 9.17) is 11.6 Å². The lowest BCUT2D eigenvalue weighted by Gasteiger charge is -2.07. The largest absolute Gasteiger partial charge is 0.352 e. The number of aryl methyl sites for hydroxylation is 1. The lowest BCUT2D eigenvalue weighted by Crippen LogP contribution is -2.26. The molecule has 0 saturated carbocycles. The number of fused-ring (bicyclic) bond motifs is 1. The van der Waals surface area contributed by atoms with Crippen LogP contribution in [-0.2, 0) is 13.0 Å². The Morgan fingerprint density at radius 3 is 2.92 bits per heavy atom. The van der Waals surface area contributed by atoms with Crippen LogP contribution in [-0.4, -0.2) is 22.0 Å². The van der Waals surface area contributed by atoms with Crippen molar-refractivity contribution in [2.45, 2.75) is 19.9 Å². The number of aromatic nitrogens is 2. The van der Waals surface area contributed by atoms with Gasteiger partial charge in [0.25, 0.3) is 5.91 Å². The fourth-order valence-corrected chi connectivity index (χ4v) is 3.00. The smallest absolute Gasteiger partial charge is 0.255 e. The van der Waals surface area contributed by atoms with Gasteiger partial charge in [0.1, 0.15) is 11.5 Å². The normalized spacial score (nSPS) is 11.0. The fourth-order valence-electron chi connectivity index (χ4n) is 2.75. The first-order valence-corrected chi connectivity index (χ1v) is 8.14. The van der Waals surface area contributed by atoms with Gasteiger partial charge in [0.2, 0.25) is 0 Å². The van der Waals surface area contributed by atoms with E-state index in [1.54, 1.807) is 6.20 Å². The second kappa shape index (κ2) is 7.01. The summed E-state index contributed by atoms with van der Waals surface area (Å²) in [6.07, 6.45) is 4.44. The Morgan fingerprint density at radius 1 is 1.33 bits per heavy atom. The van der Waals surface area contributed by atoms with Crippen LogP contribution < -0.4 is 5.32 Å². The van der Waals surface area contributed by atoms with Crippen molar-refractivity contribution in [3.63, 3.8) is 0 Å². The van der Waals surface area contributed by atoms with E-state index in [1.165, 1.54) is 18.2 Å². The zero-order chi connectivity index (χ0) is 17.1. The lowest BCUT2D eigenvalue weighted by molar-refractivity contribution is 0.0950. The van der Waals surface area contributed by atoms with Crippen molar-refractivity contribution in [2.75, 3.05) is 6.54 Å². The van der Waals surface area contributed by atoms with Crippen LogP contribution in [0.2, 0.25) is 5.02 Å². The summed E-state index contributed by atoms with van der Waals surface area (Å²) in [5.74, 6) is -1.12. The van der Waals surface area contributed by atoms with Crippen molar-refractivity contribution in [2.24, 2.45) is 0 Å². The van der Waals surface area contributed by atoms with Crippen molar-refractivity contribution >= 4 is 28.5 Å². The molecular formula is C18H17ClFN3O. The number of hydrogen-bond donors (Lipinski definition) is 1. The number of benzene rings is 1. The molecule has 0 spiro atoms. The third-order valence-corrected chi connectivity index (χ3v) is 4.24. The molecule has 3 rings (SSSR count). The molecule has 24 heavy (non-hydrogen) atoms. The standard InChI is InChI=1S/C18H17ClFN3O/c1-2-23-11-12(13-5-4-9-21-17(13)23)8-10-22-18(24)16-14(19)6-3-7-15(16)20/h3-7,9,11H,2,8,10H2,1H3,(H,22,24). The molecule has 1 amide bonds. The number of pyridine rings is 1. The molecular weight excluding hydrogens is 329 g/mol. The van der Waals surface area contributed by atoms with Crippen LogP contribution >= 0.6 is 11.6 Å². The fraction of sp³-hybridized carbons (Fsp3) is 0.222. The minimum atomic E-state index is -0.619. The average Bonchev–Trinajstić information content (AvgIpc) is 2.93. The van der Waals surface area contributed by atoms with Crippen LogP contribution in [0.25, 0.3) is 11.0 Å². The summed E-state index contributed by atoms with van der Waals surface area (Å²) in [6, 6.07) is 8.10. The molecule has 2 aromatic heterocycles. The highest BCUT2D eigenvalue weighted by molar-refractivity contribution is 6.33. The maximum Gasteiger partial charge on any atom is 0.255 e. The number of carbonyl (C=O) groups is 1. The molecule has 0 fully saturated rings. The number of rotatable bonds is 5. The minimum absolute atomic E-state index is 0.110. The highest BCUT2D eigenvalue weighted by Gasteiger charge is 2.15. The second-order valence-corrected chi connectivity index (χ2v) is 5.82. The van der Waals surface area contributed by atoms with E-state index in [0.29, 0.717) is 13.0 Å². The van der Waals surface area contributed by atoms with Crippen molar-refractivity contribution in [3.05, 3.63) is 64.7 Å². The van der Waals surface area contributed by atoms with Gasteiger partial charge in [-0.1, -0.05) is 17.7 Å². The molecule has 0 aliphatic heterocycles. The first-order chi connectivity index (χ1) is 11.6. The molecule has 0 aliphatic rings. The maximum absolute atomic E-state index is 13.8. The molecule has 0 atom stereocenters. The second-order valence-electron chi connectivity index (χ2n) is 5.42. The van der Waals surface area contributed by atoms with Gasteiger partial charge in [-0.2, -0.15) is 0 Å². The molecule has 1 N–H and O–H groups in total. The number of halogens is 2. The highest BCUT2D eigenvalue weighted by atomic mass is 35.5. The molecule has 6 heteroatoms. The predicted octanol–water partition coefficient (Wildman–Crippen LogP) is 3.82. The highest BCUT2D eigenvalue weighted by Crippen LogP contribution is 2.20. The SMILES string of the molecule is CCn1cc(CCNC(=O)c2c(F)cccc2Cl)c2cccnc21. The molecule has 3 aromatic rings. The first-order valence-electron chi connectivity index (χ1n) is 7.76. The summed E-state index contributed by atoms with van der Waals surface area (Å²) in [5, 5.41) is 3.91. The summed E-state index contributed by atoms with van der Waals surface area (Å²) >= 11 is 5.91. The Balaban J connectivity index is 1.72. The van der Waals surface area contributed by atoms with E-state index < -0.39 is 11.7 Å². The Bertz CT molecular complexity index is 871. The van der Waals surface area contributed by atoms with Crippen molar-refractivity contribution in [3.8, 4) is 0 Å². The van der Waals surface area contributed by atoms with E-state index in [2.05, 4.69) is 21.8 Å². The van der Waals surface area contributed by atoms with Gasteiger partial charge in [0, 0.05) is 30.9 Å². The summed E-state index contributed by atoms with van der Waals surface area (Å²) in [7, 11) is 0. The molecule has 0 bridgehead atoms. The van der Waals surface area contributed by atoms with E-state index in [1.807, 2.05) is 18.3 Å². The van der Waals surface area contributed by atoms with E-state index in [-0.39, 0.29) is 10.6 Å². The molecule has 4 nitrogen and oxygen atoms in total. The van der Waals surface area contributed by atoms with Gasteiger partial charge in [-0.15, -0.1) is 0 Å². The summed E-state index contributed by atoms with van der Waals surface area (Å²) in [4.78, 5) is 16.5. The van der Waals surface area contributed by atoms with Crippen molar-refractivity contribution < 1.29 is 9.18 Å². The Kier molecular flexibility index (Phi) is 4.81. The minimum Gasteiger partial charge on any atom is -0.352 e. The summed E-state index contributed by atoms with van der Waals surface area (Å²) < 4.78 is 15.8. The number of carbonyl (C=O) groups excluding carboxylic acids is 1. The summed E-state index contributed by atoms with van der Waals surface area (Å²) in [6.45, 7) is 3.27. The quantitative estimate of drug-likeness (QED) is 0.764. The van der Waals surface area contributed by atoms with E-state index >= 15 is 0 Å². The summed E-state index contributed by atoms with van der Waals surface area (Å²) in [5.41, 5.74) is 1.91. The van der Waals surface area contributed by atoms with Crippen molar-refractivity contribution in [1.82, 2.24) is 14.9 Å². The average molecular weight is 346 g/mol. The molecule has 1 aromatic carbocycles. The Hall–Kier alpha value is -2.40. The Morgan fingerprint density at radius 2 is 2.17 bits per heavy atom. The molecule has 0 aliphatic carbocycles. The zero-order valence-electron chi connectivity index (χ0n) is 13.2. The van der Waals surface area contributed by atoms with Gasteiger partial charge in [-0.05, 0) is 43.2 Å². The van der Waals surface area contributed by atoms with Crippen LogP contribution in [0.5, 0.6) is 0 Å². The molecule has 0 radical (unpaired) electrons. The van der Waals surface area contributed by atoms with E-state index in [9.17, 15) is 9.18 Å². The van der Waals surface area contributed by atoms with Gasteiger partial charge >= 0.3 is 0 Å². The zero-order valence-corrected chi connectivity index (χ0v) is 14.0. The van der Waals surface area contributed by atoms with Crippen LogP contribution in [0.4, 0.5) is 4.39 Å². The topological polar surface area (TPSA) is 46.9 Å². The monoisotopic (exact) mass is 345 g/mol. The van der Waals surface area contributed by atoms with Crippen LogP contribution in [0, 0.1) is 5.82 Å². The van der Waals surface area contributed by atoms with Crippen LogP contribution in [0.15, 0.2) is 42.7 Å². The third kappa shape index (κ3) is 3.12. The molecule has 2 heterocycles. The van der Waals surface area contributed by atoms with Crippen LogP contribution in [0.3, 0.4) is 0 Å². The predicted molar refractivity (Wildman–Crippen MR) is 92.9 cm³/mol. The van der Waals surface area contributed by atoms with E-state index in [0.717, 1.165) is 23.1 Å². The maximum atomic E-state index is 13.8. The molecule has 0 saturated heterocycles. The number of nitrogens with one attached hydrogen (secondary N) is 1. The van der Waals surface area contributed by atoms with Crippen molar-refractivity contribution in [1.29, 1.82) is 0 Å². The third-order valence-electron chi connectivity index (χ3n) is 3.93. The van der Waals surface area contributed by atoms with Gasteiger partial charge in [-0.3, -0.25) is 4.79 Å². The van der Waals surface area contributed by atoms with Gasteiger partial charge in [-0.25, -0.2) is 9.37 Å².